The first-order valence-corrected chi connectivity index (χ1v) is 7.06. The summed E-state index contributed by atoms with van der Waals surface area (Å²) in [5.74, 6) is 0.466. The molecular weight excluding hydrogens is 240 g/mol. The number of nitrogens with zero attached hydrogens (tertiary/aromatic N) is 1. The molecule has 96 valence electrons. The van der Waals surface area contributed by atoms with Crippen molar-refractivity contribution < 1.29 is 0 Å². The summed E-state index contributed by atoms with van der Waals surface area (Å²) in [5.41, 5.74) is 8.05. The van der Waals surface area contributed by atoms with Gasteiger partial charge in [0, 0.05) is 10.4 Å². The van der Waals surface area contributed by atoms with Crippen LogP contribution in [0.25, 0.3) is 11.3 Å². The Morgan fingerprint density at radius 1 is 1.17 bits per heavy atom. The predicted octanol–water partition coefficient (Wildman–Crippen LogP) is 4.13. The molecule has 1 heterocycles. The van der Waals surface area contributed by atoms with E-state index in [4.69, 9.17) is 10.7 Å². The van der Waals surface area contributed by atoms with Crippen molar-refractivity contribution in [2.45, 2.75) is 39.2 Å². The van der Waals surface area contributed by atoms with Gasteiger partial charge in [-0.15, -0.1) is 11.3 Å². The van der Waals surface area contributed by atoms with Crippen molar-refractivity contribution in [3.8, 4) is 11.3 Å². The maximum atomic E-state index is 6.17. The Balaban J connectivity index is 2.56. The maximum Gasteiger partial charge on any atom is 0.113 e. The van der Waals surface area contributed by atoms with Crippen LogP contribution in [0.4, 0.5) is 0 Å². The standard InChI is InChI=1S/C15H20N2S/c1-10(2)13-12(11-8-6-5-7-9-11)17-14(18-13)15(3,4)16/h5-10H,16H2,1-4H3. The Kier molecular flexibility index (Phi) is 3.55. The van der Waals surface area contributed by atoms with Gasteiger partial charge >= 0.3 is 0 Å². The van der Waals surface area contributed by atoms with E-state index in [1.54, 1.807) is 11.3 Å². The first-order chi connectivity index (χ1) is 8.39. The molecule has 0 atom stereocenters. The fourth-order valence-corrected chi connectivity index (χ4v) is 2.91. The van der Waals surface area contributed by atoms with Gasteiger partial charge < -0.3 is 5.73 Å². The molecule has 0 amide bonds. The quantitative estimate of drug-likeness (QED) is 0.901. The molecule has 1 aromatic heterocycles. The van der Waals surface area contributed by atoms with Crippen LogP contribution in [0.3, 0.4) is 0 Å². The zero-order valence-electron chi connectivity index (χ0n) is 11.4. The van der Waals surface area contributed by atoms with Crippen LogP contribution in [-0.4, -0.2) is 4.98 Å². The molecule has 2 nitrogen and oxygen atoms in total. The summed E-state index contributed by atoms with van der Waals surface area (Å²) >= 11 is 1.73. The Labute approximate surface area is 113 Å². The first-order valence-electron chi connectivity index (χ1n) is 6.25. The van der Waals surface area contributed by atoms with Gasteiger partial charge in [-0.2, -0.15) is 0 Å². The minimum atomic E-state index is -0.374. The second-order valence-corrected chi connectivity index (χ2v) is 6.50. The van der Waals surface area contributed by atoms with Crippen LogP contribution >= 0.6 is 11.3 Å². The molecule has 3 heteroatoms. The number of aromatic nitrogens is 1. The summed E-state index contributed by atoms with van der Waals surface area (Å²) in [4.78, 5) is 6.08. The molecule has 0 radical (unpaired) electrons. The number of hydrogen-bond donors (Lipinski definition) is 1. The Morgan fingerprint density at radius 3 is 2.28 bits per heavy atom. The van der Waals surface area contributed by atoms with Gasteiger partial charge in [0.25, 0.3) is 0 Å². The molecule has 0 aliphatic rings. The second-order valence-electron chi connectivity index (χ2n) is 5.47. The molecule has 0 aliphatic heterocycles. The van der Waals surface area contributed by atoms with E-state index in [0.717, 1.165) is 10.7 Å². The smallest absolute Gasteiger partial charge is 0.113 e. The Morgan fingerprint density at radius 2 is 1.78 bits per heavy atom. The molecule has 0 spiro atoms. The van der Waals surface area contributed by atoms with E-state index in [9.17, 15) is 0 Å². The average Bonchev–Trinajstić information content (AvgIpc) is 2.74. The lowest BCUT2D eigenvalue weighted by Crippen LogP contribution is -2.28. The zero-order chi connectivity index (χ0) is 13.3. The van der Waals surface area contributed by atoms with Gasteiger partial charge in [0.15, 0.2) is 0 Å². The third-order valence-electron chi connectivity index (χ3n) is 2.78. The van der Waals surface area contributed by atoms with E-state index in [1.165, 1.54) is 10.4 Å². The number of rotatable bonds is 3. The van der Waals surface area contributed by atoms with Crippen LogP contribution < -0.4 is 5.73 Å². The summed E-state index contributed by atoms with van der Waals surface area (Å²) in [5, 5.41) is 1.00. The molecule has 2 N–H and O–H groups in total. The molecule has 0 aliphatic carbocycles. The van der Waals surface area contributed by atoms with Gasteiger partial charge in [0.05, 0.1) is 11.2 Å². The summed E-state index contributed by atoms with van der Waals surface area (Å²) < 4.78 is 0. The van der Waals surface area contributed by atoms with Crippen LogP contribution in [0, 0.1) is 0 Å². The highest BCUT2D eigenvalue weighted by Gasteiger charge is 2.23. The van der Waals surface area contributed by atoms with Gasteiger partial charge in [-0.25, -0.2) is 4.98 Å². The van der Waals surface area contributed by atoms with Crippen LogP contribution in [0.1, 0.15) is 43.5 Å². The van der Waals surface area contributed by atoms with E-state index < -0.39 is 0 Å². The van der Waals surface area contributed by atoms with E-state index in [1.807, 2.05) is 32.0 Å². The highest BCUT2D eigenvalue weighted by Crippen LogP contribution is 2.36. The van der Waals surface area contributed by atoms with Crippen molar-refractivity contribution in [2.75, 3.05) is 0 Å². The predicted molar refractivity (Wildman–Crippen MR) is 78.9 cm³/mol. The van der Waals surface area contributed by atoms with E-state index in [-0.39, 0.29) is 5.54 Å². The minimum Gasteiger partial charge on any atom is -0.320 e. The molecule has 0 saturated heterocycles. The number of thiazole rings is 1. The van der Waals surface area contributed by atoms with Gasteiger partial charge in [-0.3, -0.25) is 0 Å². The molecule has 2 rings (SSSR count). The Hall–Kier alpha value is -1.19. The highest BCUT2D eigenvalue weighted by molar-refractivity contribution is 7.12. The fraction of sp³-hybridized carbons (Fsp3) is 0.400. The van der Waals surface area contributed by atoms with Gasteiger partial charge in [0.2, 0.25) is 0 Å². The third kappa shape index (κ3) is 2.62. The van der Waals surface area contributed by atoms with Crippen molar-refractivity contribution >= 4 is 11.3 Å². The molecule has 18 heavy (non-hydrogen) atoms. The fourth-order valence-electron chi connectivity index (χ4n) is 1.80. The molecule has 0 bridgehead atoms. The van der Waals surface area contributed by atoms with Gasteiger partial charge in [-0.1, -0.05) is 44.2 Å². The summed E-state index contributed by atoms with van der Waals surface area (Å²) in [6.45, 7) is 8.41. The van der Waals surface area contributed by atoms with Crippen LogP contribution in [0.2, 0.25) is 0 Å². The van der Waals surface area contributed by atoms with Gasteiger partial charge in [-0.05, 0) is 19.8 Å². The normalized spacial score (nSPS) is 12.1. The first kappa shape index (κ1) is 13.2. The van der Waals surface area contributed by atoms with Gasteiger partial charge in [0.1, 0.15) is 5.01 Å². The lowest BCUT2D eigenvalue weighted by atomic mass is 10.1. The molecule has 0 unspecified atom stereocenters. The summed E-state index contributed by atoms with van der Waals surface area (Å²) in [6.07, 6.45) is 0. The summed E-state index contributed by atoms with van der Waals surface area (Å²) in [6, 6.07) is 10.3. The highest BCUT2D eigenvalue weighted by atomic mass is 32.1. The van der Waals surface area contributed by atoms with Crippen molar-refractivity contribution in [3.05, 3.63) is 40.2 Å². The number of hydrogen-bond acceptors (Lipinski definition) is 3. The van der Waals surface area contributed by atoms with E-state index in [2.05, 4.69) is 26.0 Å². The van der Waals surface area contributed by atoms with Crippen molar-refractivity contribution in [3.63, 3.8) is 0 Å². The van der Waals surface area contributed by atoms with Crippen molar-refractivity contribution in [2.24, 2.45) is 5.73 Å². The molecule has 0 saturated carbocycles. The second kappa shape index (κ2) is 4.82. The largest absolute Gasteiger partial charge is 0.320 e. The van der Waals surface area contributed by atoms with E-state index in [0.29, 0.717) is 5.92 Å². The average molecular weight is 260 g/mol. The van der Waals surface area contributed by atoms with Crippen molar-refractivity contribution in [1.29, 1.82) is 0 Å². The number of nitrogens with two attached hydrogens (primary N) is 1. The third-order valence-corrected chi connectivity index (χ3v) is 4.47. The van der Waals surface area contributed by atoms with Crippen LogP contribution in [0.15, 0.2) is 30.3 Å². The SMILES string of the molecule is CC(C)c1sc(C(C)(C)N)nc1-c1ccccc1. The van der Waals surface area contributed by atoms with Crippen LogP contribution in [0.5, 0.6) is 0 Å². The Bertz CT molecular complexity index is 521. The number of benzene rings is 1. The molecule has 2 aromatic rings. The van der Waals surface area contributed by atoms with E-state index >= 15 is 0 Å². The van der Waals surface area contributed by atoms with Crippen molar-refractivity contribution in [1.82, 2.24) is 4.98 Å². The topological polar surface area (TPSA) is 38.9 Å². The molecular formula is C15H20N2S. The lowest BCUT2D eigenvalue weighted by Gasteiger charge is -2.13. The maximum absolute atomic E-state index is 6.17. The molecule has 0 fully saturated rings. The summed E-state index contributed by atoms with van der Waals surface area (Å²) in [7, 11) is 0. The van der Waals surface area contributed by atoms with Crippen LogP contribution in [-0.2, 0) is 5.54 Å². The zero-order valence-corrected chi connectivity index (χ0v) is 12.2. The lowest BCUT2D eigenvalue weighted by molar-refractivity contribution is 0.551. The molecule has 1 aromatic carbocycles. The minimum absolute atomic E-state index is 0.374. The monoisotopic (exact) mass is 260 g/mol.